The van der Waals surface area contributed by atoms with E-state index in [1.54, 1.807) is 0 Å². The van der Waals surface area contributed by atoms with Gasteiger partial charge in [-0.15, -0.1) is 0 Å². The smallest absolute Gasteiger partial charge is 0.253 e. The normalized spacial score (nSPS) is 23.9. The van der Waals surface area contributed by atoms with Crippen LogP contribution in [0.25, 0.3) is 10.9 Å². The summed E-state index contributed by atoms with van der Waals surface area (Å²) in [6.07, 6.45) is 5.73. The summed E-state index contributed by atoms with van der Waals surface area (Å²) in [6, 6.07) is 6.05. The van der Waals surface area contributed by atoms with Gasteiger partial charge in [0.05, 0.1) is 17.2 Å². The predicted octanol–water partition coefficient (Wildman–Crippen LogP) is 3.20. The molecule has 122 valence electrons. The number of fused-ring (bicyclic) bond motifs is 3. The summed E-state index contributed by atoms with van der Waals surface area (Å²) in [5, 5.41) is 4.26. The van der Waals surface area contributed by atoms with Crippen molar-refractivity contribution in [3.8, 4) is 0 Å². The molecule has 2 heterocycles. The molecule has 2 aromatic rings. The number of amides is 1. The van der Waals surface area contributed by atoms with E-state index in [9.17, 15) is 4.79 Å². The maximum Gasteiger partial charge on any atom is 0.253 e. The van der Waals surface area contributed by atoms with E-state index in [-0.39, 0.29) is 12.0 Å². The second-order valence-corrected chi connectivity index (χ2v) is 7.00. The molecule has 2 N–H and O–H groups in total. The number of aromatic amines is 1. The van der Waals surface area contributed by atoms with Crippen LogP contribution in [-0.2, 0) is 17.6 Å². The molecule has 0 radical (unpaired) electrons. The fourth-order valence-corrected chi connectivity index (χ4v) is 3.91. The number of aromatic nitrogens is 1. The molecule has 1 saturated heterocycles. The number of H-pyrrole nitrogens is 1. The maximum absolute atomic E-state index is 12.6. The Hall–Kier alpha value is -1.81. The van der Waals surface area contributed by atoms with E-state index in [2.05, 4.69) is 23.3 Å². The van der Waals surface area contributed by atoms with Crippen LogP contribution in [0.3, 0.4) is 0 Å². The van der Waals surface area contributed by atoms with E-state index in [4.69, 9.17) is 4.74 Å². The zero-order valence-corrected chi connectivity index (χ0v) is 13.7. The summed E-state index contributed by atoms with van der Waals surface area (Å²) >= 11 is 0. The lowest BCUT2D eigenvalue weighted by Gasteiger charge is -2.17. The lowest BCUT2D eigenvalue weighted by atomic mass is 9.87. The van der Waals surface area contributed by atoms with Gasteiger partial charge < -0.3 is 15.0 Å². The molecular weight excluding hydrogens is 288 g/mol. The zero-order valence-electron chi connectivity index (χ0n) is 13.7. The molecule has 1 aliphatic heterocycles. The number of hydrogen-bond donors (Lipinski definition) is 2. The van der Waals surface area contributed by atoms with Crippen LogP contribution in [0, 0.1) is 5.92 Å². The number of benzene rings is 1. The first-order chi connectivity index (χ1) is 11.2. The Balaban J connectivity index is 1.60. The Kier molecular flexibility index (Phi) is 3.85. The van der Waals surface area contributed by atoms with E-state index >= 15 is 0 Å². The van der Waals surface area contributed by atoms with Crippen LogP contribution in [0.1, 0.15) is 47.8 Å². The number of hydrogen-bond acceptors (Lipinski definition) is 2. The number of carbonyl (C=O) groups is 1. The summed E-state index contributed by atoms with van der Waals surface area (Å²) in [4.78, 5) is 16.1. The second-order valence-electron chi connectivity index (χ2n) is 7.00. The Morgan fingerprint density at radius 1 is 1.39 bits per heavy atom. The first-order valence-corrected chi connectivity index (χ1v) is 8.74. The summed E-state index contributed by atoms with van der Waals surface area (Å²) < 4.78 is 5.58. The monoisotopic (exact) mass is 312 g/mol. The fourth-order valence-electron chi connectivity index (χ4n) is 3.91. The number of rotatable bonds is 3. The van der Waals surface area contributed by atoms with Crippen molar-refractivity contribution in [2.45, 2.75) is 45.1 Å². The van der Waals surface area contributed by atoms with Crippen molar-refractivity contribution < 1.29 is 9.53 Å². The van der Waals surface area contributed by atoms with Gasteiger partial charge in [-0.25, -0.2) is 0 Å². The highest BCUT2D eigenvalue weighted by Crippen LogP contribution is 2.32. The molecule has 4 rings (SSSR count). The minimum Gasteiger partial charge on any atom is -0.376 e. The predicted molar refractivity (Wildman–Crippen MR) is 90.8 cm³/mol. The van der Waals surface area contributed by atoms with Gasteiger partial charge >= 0.3 is 0 Å². The molecule has 1 fully saturated rings. The first kappa shape index (κ1) is 14.8. The molecule has 1 aliphatic carbocycles. The van der Waals surface area contributed by atoms with Crippen molar-refractivity contribution in [2.75, 3.05) is 13.2 Å². The third-order valence-electron chi connectivity index (χ3n) is 5.23. The molecular formula is C19H24N2O2. The van der Waals surface area contributed by atoms with Crippen LogP contribution < -0.4 is 5.32 Å². The number of nitrogens with one attached hydrogen (secondary N) is 2. The molecule has 0 spiro atoms. The molecule has 0 saturated carbocycles. The number of carbonyl (C=O) groups excluding carboxylic acids is 1. The van der Waals surface area contributed by atoms with Gasteiger partial charge in [-0.2, -0.15) is 0 Å². The highest BCUT2D eigenvalue weighted by molar-refractivity contribution is 6.06. The molecule has 23 heavy (non-hydrogen) atoms. The van der Waals surface area contributed by atoms with E-state index < -0.39 is 0 Å². The van der Waals surface area contributed by atoms with Gasteiger partial charge in [0.25, 0.3) is 5.91 Å². The van der Waals surface area contributed by atoms with Crippen molar-refractivity contribution >= 4 is 16.8 Å². The second kappa shape index (κ2) is 6.00. The van der Waals surface area contributed by atoms with Gasteiger partial charge in [-0.1, -0.05) is 19.1 Å². The van der Waals surface area contributed by atoms with Gasteiger partial charge in [0.1, 0.15) is 0 Å². The minimum absolute atomic E-state index is 0.00209. The number of para-hydroxylation sites is 1. The maximum atomic E-state index is 12.6. The molecule has 2 unspecified atom stereocenters. The van der Waals surface area contributed by atoms with Gasteiger partial charge in [-0.3, -0.25) is 4.79 Å². The average molecular weight is 312 g/mol. The first-order valence-electron chi connectivity index (χ1n) is 8.74. The number of aryl methyl sites for hydroxylation is 1. The topological polar surface area (TPSA) is 54.1 Å². The molecule has 1 aromatic heterocycles. The van der Waals surface area contributed by atoms with Crippen LogP contribution in [0.5, 0.6) is 0 Å². The Labute approximate surface area is 136 Å². The van der Waals surface area contributed by atoms with Crippen LogP contribution in [-0.4, -0.2) is 30.1 Å². The third kappa shape index (κ3) is 2.76. The Bertz CT molecular complexity index is 728. The van der Waals surface area contributed by atoms with E-state index in [0.29, 0.717) is 6.54 Å². The fraction of sp³-hybridized carbons (Fsp3) is 0.526. The summed E-state index contributed by atoms with van der Waals surface area (Å²) in [5.41, 5.74) is 4.48. The lowest BCUT2D eigenvalue weighted by molar-refractivity contribution is 0.0859. The molecule has 2 atom stereocenters. The van der Waals surface area contributed by atoms with Crippen molar-refractivity contribution in [1.82, 2.24) is 10.3 Å². The number of ether oxygens (including phenoxy) is 1. The van der Waals surface area contributed by atoms with Gasteiger partial charge in [0, 0.05) is 24.2 Å². The summed E-state index contributed by atoms with van der Waals surface area (Å²) in [6.45, 7) is 3.73. The van der Waals surface area contributed by atoms with Crippen molar-refractivity contribution in [1.29, 1.82) is 0 Å². The highest BCUT2D eigenvalue weighted by atomic mass is 16.5. The molecule has 4 heteroatoms. The van der Waals surface area contributed by atoms with Gasteiger partial charge in [-0.05, 0) is 49.7 Å². The minimum atomic E-state index is -0.00209. The Morgan fingerprint density at radius 3 is 3.13 bits per heavy atom. The van der Waals surface area contributed by atoms with Crippen LogP contribution in [0.15, 0.2) is 18.2 Å². The van der Waals surface area contributed by atoms with Crippen molar-refractivity contribution in [2.24, 2.45) is 5.92 Å². The molecule has 2 aliphatic rings. The van der Waals surface area contributed by atoms with E-state index in [0.717, 1.165) is 49.3 Å². The summed E-state index contributed by atoms with van der Waals surface area (Å²) in [5.74, 6) is 0.719. The lowest BCUT2D eigenvalue weighted by Crippen LogP contribution is -2.31. The SMILES string of the molecule is CC1CCc2[nH]c3c(C(=O)NCC4CCCO4)cccc3c2C1. The Morgan fingerprint density at radius 2 is 2.30 bits per heavy atom. The average Bonchev–Trinajstić information content (AvgIpc) is 3.19. The van der Waals surface area contributed by atoms with Crippen LogP contribution in [0.4, 0.5) is 0 Å². The highest BCUT2D eigenvalue weighted by Gasteiger charge is 2.23. The zero-order chi connectivity index (χ0) is 15.8. The summed E-state index contributed by atoms with van der Waals surface area (Å²) in [7, 11) is 0. The third-order valence-corrected chi connectivity index (χ3v) is 5.23. The molecule has 0 bridgehead atoms. The standard InChI is InChI=1S/C19H24N2O2/c1-12-7-8-17-16(10-12)14-5-2-6-15(18(14)21-17)19(22)20-11-13-4-3-9-23-13/h2,5-6,12-13,21H,3-4,7-11H2,1H3,(H,20,22). The largest absolute Gasteiger partial charge is 0.376 e. The molecule has 1 amide bonds. The van der Waals surface area contributed by atoms with Crippen LogP contribution in [0.2, 0.25) is 0 Å². The van der Waals surface area contributed by atoms with Crippen molar-refractivity contribution in [3.05, 3.63) is 35.0 Å². The quantitative estimate of drug-likeness (QED) is 0.914. The van der Waals surface area contributed by atoms with Gasteiger partial charge in [0.2, 0.25) is 0 Å². The van der Waals surface area contributed by atoms with Crippen LogP contribution >= 0.6 is 0 Å². The molecule has 4 nitrogen and oxygen atoms in total. The van der Waals surface area contributed by atoms with E-state index in [1.165, 1.54) is 23.1 Å². The van der Waals surface area contributed by atoms with E-state index in [1.807, 2.05) is 12.1 Å². The van der Waals surface area contributed by atoms with Crippen molar-refractivity contribution in [3.63, 3.8) is 0 Å². The molecule has 1 aromatic carbocycles. The van der Waals surface area contributed by atoms with Gasteiger partial charge in [0.15, 0.2) is 0 Å².